The van der Waals surface area contributed by atoms with Crippen LogP contribution in [0.2, 0.25) is 0 Å². The Bertz CT molecular complexity index is 233. The molecule has 1 aromatic heterocycles. The van der Waals surface area contributed by atoms with Crippen LogP contribution in [0.5, 0.6) is 0 Å². The third kappa shape index (κ3) is 4.92. The smallest absolute Gasteiger partial charge is 0.169 e. The molecule has 5 nitrogen and oxygen atoms in total. The van der Waals surface area contributed by atoms with Gasteiger partial charge in [-0.3, -0.25) is 5.10 Å². The van der Waals surface area contributed by atoms with Gasteiger partial charge in [0.15, 0.2) is 6.29 Å². The maximum absolute atomic E-state index is 5.39. The first-order valence-corrected chi connectivity index (χ1v) is 5.29. The van der Waals surface area contributed by atoms with Crippen molar-refractivity contribution in [1.29, 1.82) is 0 Å². The van der Waals surface area contributed by atoms with Crippen LogP contribution in [-0.2, 0) is 16.0 Å². The zero-order chi connectivity index (χ0) is 10.9. The summed E-state index contributed by atoms with van der Waals surface area (Å²) in [7, 11) is 0. The van der Waals surface area contributed by atoms with Gasteiger partial charge in [0.1, 0.15) is 0 Å². The van der Waals surface area contributed by atoms with Crippen LogP contribution in [-0.4, -0.2) is 36.2 Å². The lowest BCUT2D eigenvalue weighted by atomic mass is 10.4. The van der Waals surface area contributed by atoms with E-state index in [0.29, 0.717) is 19.8 Å². The summed E-state index contributed by atoms with van der Waals surface area (Å²) in [4.78, 5) is 0. The van der Waals surface area contributed by atoms with Crippen molar-refractivity contribution in [3.8, 4) is 0 Å². The molecule has 0 radical (unpaired) electrons. The zero-order valence-electron chi connectivity index (χ0n) is 9.32. The van der Waals surface area contributed by atoms with E-state index in [0.717, 1.165) is 12.2 Å². The fraction of sp³-hybridized carbons (Fsp3) is 0.700. The number of rotatable bonds is 8. The molecule has 0 aliphatic carbocycles. The minimum atomic E-state index is -0.164. The Morgan fingerprint density at radius 3 is 2.67 bits per heavy atom. The van der Waals surface area contributed by atoms with Crippen molar-refractivity contribution in [3.63, 3.8) is 0 Å². The number of ether oxygens (including phenoxy) is 2. The monoisotopic (exact) mass is 213 g/mol. The molecule has 0 fully saturated rings. The van der Waals surface area contributed by atoms with Gasteiger partial charge >= 0.3 is 0 Å². The highest BCUT2D eigenvalue weighted by molar-refractivity contribution is 4.96. The van der Waals surface area contributed by atoms with E-state index in [9.17, 15) is 0 Å². The number of nitrogens with zero attached hydrogens (tertiary/aromatic N) is 1. The quantitative estimate of drug-likeness (QED) is 0.630. The van der Waals surface area contributed by atoms with Crippen LogP contribution in [0.3, 0.4) is 0 Å². The summed E-state index contributed by atoms with van der Waals surface area (Å²) in [6.07, 6.45) is 1.57. The van der Waals surface area contributed by atoms with E-state index < -0.39 is 0 Å². The van der Waals surface area contributed by atoms with Gasteiger partial charge < -0.3 is 14.8 Å². The Labute approximate surface area is 90.2 Å². The summed E-state index contributed by atoms with van der Waals surface area (Å²) in [5.74, 6) is 0. The van der Waals surface area contributed by atoms with Crippen LogP contribution in [0, 0.1) is 0 Å². The molecule has 15 heavy (non-hydrogen) atoms. The second-order valence-electron chi connectivity index (χ2n) is 3.05. The molecule has 0 amide bonds. The van der Waals surface area contributed by atoms with Gasteiger partial charge in [-0.2, -0.15) is 5.10 Å². The molecule has 0 atom stereocenters. The van der Waals surface area contributed by atoms with E-state index in [2.05, 4.69) is 15.5 Å². The highest BCUT2D eigenvalue weighted by Gasteiger charge is 2.06. The number of aromatic nitrogens is 2. The van der Waals surface area contributed by atoms with Crippen molar-refractivity contribution < 1.29 is 9.47 Å². The van der Waals surface area contributed by atoms with Gasteiger partial charge in [-0.05, 0) is 19.9 Å². The van der Waals surface area contributed by atoms with Gasteiger partial charge in [-0.1, -0.05) is 0 Å². The summed E-state index contributed by atoms with van der Waals surface area (Å²) in [5, 5.41) is 9.98. The standard InChI is InChI=1S/C10H19N3O2/c1-3-14-10(15-4-2)8-11-7-9-5-6-12-13-9/h5-6,10-11H,3-4,7-8H2,1-2H3,(H,12,13). The van der Waals surface area contributed by atoms with E-state index in [1.54, 1.807) is 6.20 Å². The number of nitrogens with one attached hydrogen (secondary N) is 2. The molecule has 2 N–H and O–H groups in total. The van der Waals surface area contributed by atoms with Crippen molar-refractivity contribution in [2.75, 3.05) is 19.8 Å². The van der Waals surface area contributed by atoms with Crippen LogP contribution in [0.15, 0.2) is 12.3 Å². The molecule has 1 aromatic rings. The van der Waals surface area contributed by atoms with Gasteiger partial charge in [0, 0.05) is 38.2 Å². The van der Waals surface area contributed by atoms with Crippen LogP contribution in [0.1, 0.15) is 19.5 Å². The highest BCUT2D eigenvalue weighted by atomic mass is 16.7. The van der Waals surface area contributed by atoms with Gasteiger partial charge in [0.2, 0.25) is 0 Å². The Morgan fingerprint density at radius 1 is 1.40 bits per heavy atom. The largest absolute Gasteiger partial charge is 0.352 e. The highest BCUT2D eigenvalue weighted by Crippen LogP contribution is 1.95. The van der Waals surface area contributed by atoms with Gasteiger partial charge in [0.05, 0.1) is 0 Å². The molecule has 0 aliphatic heterocycles. The van der Waals surface area contributed by atoms with E-state index in [1.165, 1.54) is 0 Å². The molecular formula is C10H19N3O2. The number of aromatic amines is 1. The Kier molecular flexibility index (Phi) is 5.99. The second-order valence-corrected chi connectivity index (χ2v) is 3.05. The molecule has 1 rings (SSSR count). The molecular weight excluding hydrogens is 194 g/mol. The topological polar surface area (TPSA) is 59.2 Å². The molecule has 0 saturated carbocycles. The lowest BCUT2D eigenvalue weighted by molar-refractivity contribution is -0.133. The molecule has 86 valence electrons. The maximum Gasteiger partial charge on any atom is 0.169 e. The Morgan fingerprint density at radius 2 is 2.13 bits per heavy atom. The van der Waals surface area contributed by atoms with Crippen LogP contribution in [0.4, 0.5) is 0 Å². The second kappa shape index (κ2) is 7.39. The maximum atomic E-state index is 5.39. The fourth-order valence-electron chi connectivity index (χ4n) is 1.25. The van der Waals surface area contributed by atoms with Crippen molar-refractivity contribution in [3.05, 3.63) is 18.0 Å². The van der Waals surface area contributed by atoms with Crippen LogP contribution in [0.25, 0.3) is 0 Å². The number of hydrogen-bond donors (Lipinski definition) is 2. The van der Waals surface area contributed by atoms with Crippen LogP contribution >= 0.6 is 0 Å². The Hall–Kier alpha value is -0.910. The normalized spacial score (nSPS) is 11.1. The van der Waals surface area contributed by atoms with Crippen molar-refractivity contribution in [2.24, 2.45) is 0 Å². The first-order valence-electron chi connectivity index (χ1n) is 5.29. The zero-order valence-corrected chi connectivity index (χ0v) is 9.32. The molecule has 0 saturated heterocycles. The summed E-state index contributed by atoms with van der Waals surface area (Å²) in [6.45, 7) is 6.67. The Balaban J connectivity index is 2.15. The minimum Gasteiger partial charge on any atom is -0.352 e. The first-order chi connectivity index (χ1) is 7.36. The molecule has 0 aliphatic rings. The number of hydrogen-bond acceptors (Lipinski definition) is 4. The molecule has 5 heteroatoms. The molecule has 0 bridgehead atoms. The van der Waals surface area contributed by atoms with Gasteiger partial charge in [0.25, 0.3) is 0 Å². The van der Waals surface area contributed by atoms with E-state index in [4.69, 9.17) is 9.47 Å². The van der Waals surface area contributed by atoms with Crippen molar-refractivity contribution in [1.82, 2.24) is 15.5 Å². The third-order valence-corrected chi connectivity index (χ3v) is 1.89. The summed E-state index contributed by atoms with van der Waals surface area (Å²) < 4.78 is 10.8. The lowest BCUT2D eigenvalue weighted by Crippen LogP contribution is -2.31. The first kappa shape index (κ1) is 12.2. The van der Waals surface area contributed by atoms with Gasteiger partial charge in [-0.25, -0.2) is 0 Å². The molecule has 0 spiro atoms. The predicted molar refractivity (Wildman–Crippen MR) is 57.3 cm³/mol. The molecule has 0 unspecified atom stereocenters. The molecule has 0 aromatic carbocycles. The third-order valence-electron chi connectivity index (χ3n) is 1.89. The van der Waals surface area contributed by atoms with Crippen molar-refractivity contribution in [2.45, 2.75) is 26.7 Å². The predicted octanol–water partition coefficient (Wildman–Crippen LogP) is 0.898. The van der Waals surface area contributed by atoms with E-state index in [-0.39, 0.29) is 6.29 Å². The molecule has 1 heterocycles. The van der Waals surface area contributed by atoms with Gasteiger partial charge in [-0.15, -0.1) is 0 Å². The van der Waals surface area contributed by atoms with Crippen molar-refractivity contribution >= 4 is 0 Å². The SMILES string of the molecule is CCOC(CNCc1ccn[nH]1)OCC. The fourth-order valence-corrected chi connectivity index (χ4v) is 1.25. The number of H-pyrrole nitrogens is 1. The van der Waals surface area contributed by atoms with E-state index >= 15 is 0 Å². The average molecular weight is 213 g/mol. The average Bonchev–Trinajstić information content (AvgIpc) is 2.71. The minimum absolute atomic E-state index is 0.164. The van der Waals surface area contributed by atoms with Crippen LogP contribution < -0.4 is 5.32 Å². The summed E-state index contributed by atoms with van der Waals surface area (Å²) in [6, 6.07) is 1.93. The van der Waals surface area contributed by atoms with E-state index in [1.807, 2.05) is 19.9 Å². The lowest BCUT2D eigenvalue weighted by Gasteiger charge is -2.17. The summed E-state index contributed by atoms with van der Waals surface area (Å²) >= 11 is 0. The summed E-state index contributed by atoms with van der Waals surface area (Å²) in [5.41, 5.74) is 1.06.